The van der Waals surface area contributed by atoms with Crippen molar-refractivity contribution in [2.24, 2.45) is 0 Å². The van der Waals surface area contributed by atoms with Gasteiger partial charge in [-0.05, 0) is 18.6 Å². The van der Waals surface area contributed by atoms with Crippen molar-refractivity contribution in [3.05, 3.63) is 23.0 Å². The van der Waals surface area contributed by atoms with Gasteiger partial charge in [-0.25, -0.2) is 13.8 Å². The first-order valence-corrected chi connectivity index (χ1v) is 4.52. The first-order chi connectivity index (χ1) is 6.60. The normalized spacial score (nSPS) is 10.7. The quantitative estimate of drug-likeness (QED) is 0.732. The maximum absolute atomic E-state index is 12.5. The Labute approximate surface area is 85.9 Å². The molecular formula is C9H10ClF2NO. The molecule has 0 bridgehead atoms. The molecule has 0 aromatic carbocycles. The minimum atomic E-state index is -2.63. The molecule has 0 amide bonds. The van der Waals surface area contributed by atoms with E-state index in [0.29, 0.717) is 11.3 Å². The highest BCUT2D eigenvalue weighted by Crippen LogP contribution is 2.29. The minimum absolute atomic E-state index is 0.0845. The van der Waals surface area contributed by atoms with E-state index in [2.05, 4.69) is 4.98 Å². The van der Waals surface area contributed by atoms with E-state index in [0.717, 1.165) is 0 Å². The molecule has 0 spiro atoms. The summed E-state index contributed by atoms with van der Waals surface area (Å²) in [5, 5.41) is 0. The maximum atomic E-state index is 12.5. The fraction of sp³-hybridized carbons (Fsp3) is 0.444. The number of ether oxygens (including phenoxy) is 1. The fourth-order valence-corrected chi connectivity index (χ4v) is 1.37. The fourth-order valence-electron chi connectivity index (χ4n) is 1.10. The van der Waals surface area contributed by atoms with Crippen molar-refractivity contribution in [3.8, 4) is 5.75 Å². The molecule has 0 atom stereocenters. The second kappa shape index (κ2) is 4.55. The smallest absolute Gasteiger partial charge is 0.284 e. The van der Waals surface area contributed by atoms with Crippen molar-refractivity contribution < 1.29 is 13.5 Å². The Morgan fingerprint density at radius 3 is 2.64 bits per heavy atom. The van der Waals surface area contributed by atoms with E-state index < -0.39 is 6.43 Å². The van der Waals surface area contributed by atoms with E-state index in [-0.39, 0.29) is 17.3 Å². The maximum Gasteiger partial charge on any atom is 0.284 e. The van der Waals surface area contributed by atoms with Gasteiger partial charge in [-0.3, -0.25) is 0 Å². The van der Waals surface area contributed by atoms with Gasteiger partial charge in [-0.2, -0.15) is 0 Å². The van der Waals surface area contributed by atoms with Crippen molar-refractivity contribution >= 4 is 11.6 Å². The van der Waals surface area contributed by atoms with Crippen molar-refractivity contribution in [2.75, 3.05) is 7.11 Å². The summed E-state index contributed by atoms with van der Waals surface area (Å²) in [5.74, 6) is 0.319. The Morgan fingerprint density at radius 1 is 1.57 bits per heavy atom. The summed E-state index contributed by atoms with van der Waals surface area (Å²) in [6.07, 6.45) is -2.63. The molecule has 78 valence electrons. The lowest BCUT2D eigenvalue weighted by molar-refractivity contribution is 0.141. The largest absolute Gasteiger partial charge is 0.495 e. The Balaban J connectivity index is 3.24. The predicted molar refractivity (Wildman–Crippen MR) is 50.0 cm³/mol. The molecule has 0 aliphatic carbocycles. The van der Waals surface area contributed by atoms with E-state index in [1.165, 1.54) is 13.2 Å². The molecule has 1 rings (SSSR count). The SMILES string of the molecule is COc1cc(CCl)c(C)nc1C(F)F. The van der Waals surface area contributed by atoms with Crippen LogP contribution in [0.2, 0.25) is 0 Å². The zero-order chi connectivity index (χ0) is 10.7. The monoisotopic (exact) mass is 221 g/mol. The molecule has 0 unspecified atom stereocenters. The van der Waals surface area contributed by atoms with Crippen LogP contribution in [0.3, 0.4) is 0 Å². The first-order valence-electron chi connectivity index (χ1n) is 3.98. The van der Waals surface area contributed by atoms with E-state index in [1.54, 1.807) is 6.92 Å². The molecule has 0 saturated heterocycles. The lowest BCUT2D eigenvalue weighted by Gasteiger charge is -2.10. The molecule has 0 aliphatic heterocycles. The Kier molecular flexibility index (Phi) is 3.63. The number of hydrogen-bond donors (Lipinski definition) is 0. The molecule has 2 nitrogen and oxygen atoms in total. The highest BCUT2D eigenvalue weighted by atomic mass is 35.5. The summed E-state index contributed by atoms with van der Waals surface area (Å²) >= 11 is 5.61. The average molecular weight is 222 g/mol. The zero-order valence-corrected chi connectivity index (χ0v) is 8.61. The topological polar surface area (TPSA) is 22.1 Å². The molecule has 0 fully saturated rings. The molecular weight excluding hydrogens is 212 g/mol. The van der Waals surface area contributed by atoms with Crippen molar-refractivity contribution in [2.45, 2.75) is 19.2 Å². The molecule has 1 heterocycles. The predicted octanol–water partition coefficient (Wildman–Crippen LogP) is 3.08. The van der Waals surface area contributed by atoms with Crippen LogP contribution >= 0.6 is 11.6 Å². The van der Waals surface area contributed by atoms with E-state index in [9.17, 15) is 8.78 Å². The van der Waals surface area contributed by atoms with Crippen LogP contribution < -0.4 is 4.74 Å². The van der Waals surface area contributed by atoms with Gasteiger partial charge in [0.05, 0.1) is 7.11 Å². The molecule has 0 aliphatic rings. The highest BCUT2D eigenvalue weighted by molar-refractivity contribution is 6.17. The second-order valence-corrected chi connectivity index (χ2v) is 3.02. The summed E-state index contributed by atoms with van der Waals surface area (Å²) in [5.41, 5.74) is 0.878. The van der Waals surface area contributed by atoms with Gasteiger partial charge in [0, 0.05) is 11.6 Å². The van der Waals surface area contributed by atoms with Gasteiger partial charge >= 0.3 is 0 Å². The van der Waals surface area contributed by atoms with Crippen LogP contribution in [0.15, 0.2) is 6.07 Å². The standard InChI is InChI=1S/C9H10ClF2NO/c1-5-6(4-10)3-7(14-2)8(13-5)9(11)12/h3,9H,4H2,1-2H3. The van der Waals surface area contributed by atoms with Gasteiger partial charge in [0.15, 0.2) is 0 Å². The van der Waals surface area contributed by atoms with Crippen LogP contribution in [0.1, 0.15) is 23.4 Å². The third-order valence-electron chi connectivity index (χ3n) is 1.88. The number of hydrogen-bond acceptors (Lipinski definition) is 2. The summed E-state index contributed by atoms with van der Waals surface area (Å²) < 4.78 is 29.7. The summed E-state index contributed by atoms with van der Waals surface area (Å²) in [6.45, 7) is 1.64. The molecule has 0 radical (unpaired) electrons. The molecule has 1 aromatic rings. The van der Waals surface area contributed by atoms with Crippen LogP contribution in [0.4, 0.5) is 8.78 Å². The van der Waals surface area contributed by atoms with E-state index >= 15 is 0 Å². The number of aryl methyl sites for hydroxylation is 1. The van der Waals surface area contributed by atoms with Crippen LogP contribution in [-0.2, 0) is 5.88 Å². The van der Waals surface area contributed by atoms with Crippen LogP contribution in [0.5, 0.6) is 5.75 Å². The minimum Gasteiger partial charge on any atom is -0.495 e. The summed E-state index contributed by atoms with van der Waals surface area (Å²) in [7, 11) is 1.33. The third kappa shape index (κ3) is 2.12. The summed E-state index contributed by atoms with van der Waals surface area (Å²) in [6, 6.07) is 1.50. The highest BCUT2D eigenvalue weighted by Gasteiger charge is 2.17. The Hall–Kier alpha value is -0.900. The second-order valence-electron chi connectivity index (χ2n) is 2.75. The van der Waals surface area contributed by atoms with Gasteiger partial charge in [-0.1, -0.05) is 0 Å². The molecule has 5 heteroatoms. The van der Waals surface area contributed by atoms with Crippen molar-refractivity contribution in [3.63, 3.8) is 0 Å². The lowest BCUT2D eigenvalue weighted by Crippen LogP contribution is -2.01. The molecule has 14 heavy (non-hydrogen) atoms. The molecule has 0 saturated carbocycles. The lowest BCUT2D eigenvalue weighted by atomic mass is 10.2. The van der Waals surface area contributed by atoms with Crippen LogP contribution in [-0.4, -0.2) is 12.1 Å². The van der Waals surface area contributed by atoms with Crippen molar-refractivity contribution in [1.82, 2.24) is 4.98 Å². The van der Waals surface area contributed by atoms with Crippen LogP contribution in [0.25, 0.3) is 0 Å². The number of methoxy groups -OCH3 is 1. The van der Waals surface area contributed by atoms with Gasteiger partial charge in [0.25, 0.3) is 6.43 Å². The van der Waals surface area contributed by atoms with Gasteiger partial charge < -0.3 is 4.74 Å². The number of alkyl halides is 3. The Morgan fingerprint density at radius 2 is 2.21 bits per heavy atom. The molecule has 1 aromatic heterocycles. The van der Waals surface area contributed by atoms with Gasteiger partial charge in [-0.15, -0.1) is 11.6 Å². The van der Waals surface area contributed by atoms with Gasteiger partial charge in [0.2, 0.25) is 0 Å². The number of nitrogens with zero attached hydrogens (tertiary/aromatic N) is 1. The summed E-state index contributed by atoms with van der Waals surface area (Å²) in [4.78, 5) is 3.75. The van der Waals surface area contributed by atoms with Gasteiger partial charge in [0.1, 0.15) is 11.4 Å². The van der Waals surface area contributed by atoms with Crippen molar-refractivity contribution in [1.29, 1.82) is 0 Å². The average Bonchev–Trinajstić information content (AvgIpc) is 2.17. The van der Waals surface area contributed by atoms with Crippen LogP contribution in [0, 0.1) is 6.92 Å². The number of pyridine rings is 1. The Bertz CT molecular complexity index is 331. The number of rotatable bonds is 3. The van der Waals surface area contributed by atoms with E-state index in [1.807, 2.05) is 0 Å². The third-order valence-corrected chi connectivity index (χ3v) is 2.17. The number of aromatic nitrogens is 1. The van der Waals surface area contributed by atoms with E-state index in [4.69, 9.17) is 16.3 Å². The number of halogens is 3. The molecule has 0 N–H and O–H groups in total. The zero-order valence-electron chi connectivity index (χ0n) is 7.85. The first kappa shape index (κ1) is 11.2.